The number of hydrogen-bond donors (Lipinski definition) is 2. The van der Waals surface area contributed by atoms with Crippen molar-refractivity contribution >= 4 is 45.5 Å². The van der Waals surface area contributed by atoms with Gasteiger partial charge < -0.3 is 15.8 Å². The zero-order chi connectivity index (χ0) is 17.8. The van der Waals surface area contributed by atoms with Crippen LogP contribution in [-0.4, -0.2) is 24.1 Å². The van der Waals surface area contributed by atoms with Crippen molar-refractivity contribution in [3.8, 4) is 5.75 Å². The molecule has 0 saturated heterocycles. The Morgan fingerprint density at radius 2 is 2.04 bits per heavy atom. The maximum atomic E-state index is 12.7. The van der Waals surface area contributed by atoms with Gasteiger partial charge in [0, 0.05) is 16.1 Å². The van der Waals surface area contributed by atoms with E-state index in [1.807, 2.05) is 30.5 Å². The number of anilines is 3. The number of ketones is 1. The molecule has 5 nitrogen and oxygen atoms in total. The van der Waals surface area contributed by atoms with Gasteiger partial charge in [0.1, 0.15) is 16.4 Å². The Bertz CT molecular complexity index is 909. The molecule has 25 heavy (non-hydrogen) atoms. The summed E-state index contributed by atoms with van der Waals surface area (Å²) in [6.45, 7) is 0. The van der Waals surface area contributed by atoms with Gasteiger partial charge in [0.15, 0.2) is 5.13 Å². The molecule has 1 aromatic heterocycles. The lowest BCUT2D eigenvalue weighted by Crippen LogP contribution is -2.02. The normalized spacial score (nSPS) is 10.5. The summed E-state index contributed by atoms with van der Waals surface area (Å²) in [5, 5.41) is 3.79. The Morgan fingerprint density at radius 3 is 2.80 bits per heavy atom. The predicted molar refractivity (Wildman–Crippen MR) is 104 cm³/mol. The molecule has 0 aliphatic rings. The third-order valence-corrected chi connectivity index (χ3v) is 5.22. The molecule has 0 bridgehead atoms. The molecule has 0 spiro atoms. The Labute approximate surface area is 154 Å². The van der Waals surface area contributed by atoms with E-state index in [0.717, 1.165) is 10.6 Å². The van der Waals surface area contributed by atoms with Crippen LogP contribution in [0.2, 0.25) is 0 Å². The molecule has 3 N–H and O–H groups in total. The van der Waals surface area contributed by atoms with E-state index in [2.05, 4.69) is 10.3 Å². The number of nitrogens with one attached hydrogen (secondary N) is 1. The van der Waals surface area contributed by atoms with Gasteiger partial charge in [-0.2, -0.15) is 0 Å². The highest BCUT2D eigenvalue weighted by molar-refractivity contribution is 7.98. The lowest BCUT2D eigenvalue weighted by Gasteiger charge is -2.04. The summed E-state index contributed by atoms with van der Waals surface area (Å²) in [7, 11) is 1.56. The summed E-state index contributed by atoms with van der Waals surface area (Å²) in [5.74, 6) is 0.683. The minimum absolute atomic E-state index is 0.167. The molecule has 0 aliphatic heterocycles. The Morgan fingerprint density at radius 1 is 1.24 bits per heavy atom. The second-order valence-corrected chi connectivity index (χ2v) is 7.03. The van der Waals surface area contributed by atoms with Gasteiger partial charge in [-0.25, -0.2) is 4.98 Å². The van der Waals surface area contributed by atoms with Crippen molar-refractivity contribution in [3.63, 3.8) is 0 Å². The van der Waals surface area contributed by atoms with E-state index in [0.29, 0.717) is 21.3 Å². The van der Waals surface area contributed by atoms with Gasteiger partial charge in [-0.05, 0) is 36.6 Å². The van der Waals surface area contributed by atoms with Crippen molar-refractivity contribution in [1.29, 1.82) is 0 Å². The van der Waals surface area contributed by atoms with Crippen molar-refractivity contribution < 1.29 is 9.53 Å². The number of thioether (sulfide) groups is 1. The molecule has 7 heteroatoms. The average molecular weight is 371 g/mol. The van der Waals surface area contributed by atoms with E-state index < -0.39 is 0 Å². The van der Waals surface area contributed by atoms with Crippen LogP contribution in [-0.2, 0) is 0 Å². The number of rotatable bonds is 6. The third kappa shape index (κ3) is 3.94. The van der Waals surface area contributed by atoms with E-state index in [1.165, 1.54) is 11.3 Å². The lowest BCUT2D eigenvalue weighted by molar-refractivity contribution is 0.104. The van der Waals surface area contributed by atoms with Crippen LogP contribution in [0.15, 0.2) is 53.4 Å². The third-order valence-electron chi connectivity index (χ3n) is 3.51. The van der Waals surface area contributed by atoms with Crippen LogP contribution in [0.4, 0.5) is 16.6 Å². The van der Waals surface area contributed by atoms with Crippen molar-refractivity contribution in [2.45, 2.75) is 4.90 Å². The highest BCUT2D eigenvalue weighted by Gasteiger charge is 2.18. The molecular formula is C18H17N3O2S2. The molecule has 0 amide bonds. The summed E-state index contributed by atoms with van der Waals surface area (Å²) >= 11 is 2.90. The topological polar surface area (TPSA) is 77.2 Å². The average Bonchev–Trinajstić information content (AvgIpc) is 3.01. The molecule has 2 aromatic carbocycles. The molecule has 1 heterocycles. The highest BCUT2D eigenvalue weighted by Crippen LogP contribution is 2.31. The number of hydrogen-bond acceptors (Lipinski definition) is 7. The molecule has 3 rings (SSSR count). The van der Waals surface area contributed by atoms with Crippen molar-refractivity contribution in [2.75, 3.05) is 24.4 Å². The van der Waals surface area contributed by atoms with E-state index in [4.69, 9.17) is 10.5 Å². The molecule has 128 valence electrons. The number of nitrogen functional groups attached to an aromatic ring is 1. The number of thiazole rings is 1. The van der Waals surface area contributed by atoms with Crippen LogP contribution in [0.1, 0.15) is 15.2 Å². The van der Waals surface area contributed by atoms with E-state index in [9.17, 15) is 4.79 Å². The van der Waals surface area contributed by atoms with Crippen LogP contribution >= 0.6 is 23.1 Å². The van der Waals surface area contributed by atoms with E-state index >= 15 is 0 Å². The number of aromatic nitrogens is 1. The zero-order valence-electron chi connectivity index (χ0n) is 13.8. The van der Waals surface area contributed by atoms with E-state index in [-0.39, 0.29) is 11.6 Å². The summed E-state index contributed by atoms with van der Waals surface area (Å²) < 4.78 is 5.17. The first kappa shape index (κ1) is 17.3. The minimum atomic E-state index is -0.167. The second kappa shape index (κ2) is 7.58. The summed E-state index contributed by atoms with van der Waals surface area (Å²) in [6.07, 6.45) is 2.02. The van der Waals surface area contributed by atoms with Gasteiger partial charge in [0.2, 0.25) is 5.78 Å². The van der Waals surface area contributed by atoms with Gasteiger partial charge in [-0.15, -0.1) is 11.8 Å². The SMILES string of the molecule is COc1cccc(C(=O)c2sc(Nc3cccc(SC)c3)nc2N)c1. The monoisotopic (exact) mass is 371 g/mol. The minimum Gasteiger partial charge on any atom is -0.497 e. The molecule has 3 aromatic rings. The number of nitrogens with two attached hydrogens (primary N) is 1. The molecule has 0 atom stereocenters. The fourth-order valence-electron chi connectivity index (χ4n) is 2.27. The second-order valence-electron chi connectivity index (χ2n) is 5.15. The first-order valence-corrected chi connectivity index (χ1v) is 9.51. The molecule has 0 unspecified atom stereocenters. The maximum Gasteiger partial charge on any atom is 0.206 e. The Hall–Kier alpha value is -2.51. The molecule has 0 fully saturated rings. The van der Waals surface area contributed by atoms with Crippen molar-refractivity contribution in [3.05, 3.63) is 59.0 Å². The van der Waals surface area contributed by atoms with Gasteiger partial charge in [-0.1, -0.05) is 29.5 Å². The van der Waals surface area contributed by atoms with Crippen LogP contribution in [0, 0.1) is 0 Å². The number of nitrogens with zero attached hydrogens (tertiary/aromatic N) is 1. The molecule has 0 aliphatic carbocycles. The summed E-state index contributed by atoms with van der Waals surface area (Å²) in [6, 6.07) is 15.0. The van der Waals surface area contributed by atoms with Crippen LogP contribution < -0.4 is 15.8 Å². The predicted octanol–water partition coefficient (Wildman–Crippen LogP) is 4.43. The Balaban J connectivity index is 1.85. The van der Waals surface area contributed by atoms with Crippen molar-refractivity contribution in [2.24, 2.45) is 0 Å². The first-order chi connectivity index (χ1) is 12.1. The van der Waals surface area contributed by atoms with Gasteiger partial charge in [0.05, 0.1) is 7.11 Å². The lowest BCUT2D eigenvalue weighted by atomic mass is 10.1. The summed E-state index contributed by atoms with van der Waals surface area (Å²) in [4.78, 5) is 18.5. The van der Waals surface area contributed by atoms with Crippen LogP contribution in [0.3, 0.4) is 0 Å². The van der Waals surface area contributed by atoms with Gasteiger partial charge >= 0.3 is 0 Å². The molecular weight excluding hydrogens is 354 g/mol. The molecule has 0 saturated carbocycles. The number of methoxy groups -OCH3 is 1. The fraction of sp³-hybridized carbons (Fsp3) is 0.111. The fourth-order valence-corrected chi connectivity index (χ4v) is 3.59. The van der Waals surface area contributed by atoms with Crippen molar-refractivity contribution in [1.82, 2.24) is 4.98 Å². The van der Waals surface area contributed by atoms with E-state index in [1.54, 1.807) is 43.1 Å². The van der Waals surface area contributed by atoms with Crippen LogP contribution in [0.5, 0.6) is 5.75 Å². The van der Waals surface area contributed by atoms with Crippen LogP contribution in [0.25, 0.3) is 0 Å². The van der Waals surface area contributed by atoms with Gasteiger partial charge in [0.25, 0.3) is 0 Å². The largest absolute Gasteiger partial charge is 0.497 e. The smallest absolute Gasteiger partial charge is 0.206 e. The number of carbonyl (C=O) groups excluding carboxylic acids is 1. The number of benzene rings is 2. The first-order valence-electron chi connectivity index (χ1n) is 7.47. The quantitative estimate of drug-likeness (QED) is 0.493. The molecule has 0 radical (unpaired) electrons. The summed E-state index contributed by atoms with van der Waals surface area (Å²) in [5.41, 5.74) is 7.39. The number of carbonyl (C=O) groups is 1. The Kier molecular flexibility index (Phi) is 5.25. The standard InChI is InChI=1S/C18H17N3O2S2/c1-23-13-7-3-5-11(9-13)15(22)16-17(19)21-18(25-16)20-12-6-4-8-14(10-12)24-2/h3-10H,19H2,1-2H3,(H,20,21). The zero-order valence-corrected chi connectivity index (χ0v) is 15.4. The number of ether oxygens (including phenoxy) is 1. The maximum absolute atomic E-state index is 12.7. The van der Waals surface area contributed by atoms with Gasteiger partial charge in [-0.3, -0.25) is 4.79 Å². The highest BCUT2D eigenvalue weighted by atomic mass is 32.2.